The molecule has 0 radical (unpaired) electrons. The van der Waals surface area contributed by atoms with Gasteiger partial charge in [-0.15, -0.1) is 0 Å². The summed E-state index contributed by atoms with van der Waals surface area (Å²) >= 11 is 0. The summed E-state index contributed by atoms with van der Waals surface area (Å²) in [5.74, 6) is 5.59. The summed E-state index contributed by atoms with van der Waals surface area (Å²) in [5, 5.41) is 13.6. The number of rotatable bonds is 2. The quantitative estimate of drug-likeness (QED) is 0.566. The molecular weight excluding hydrogens is 368 g/mol. The summed E-state index contributed by atoms with van der Waals surface area (Å²) in [6, 6.07) is 9.31. The molecule has 1 aromatic carbocycles. The van der Waals surface area contributed by atoms with E-state index in [0.717, 1.165) is 11.3 Å². The molecule has 29 heavy (non-hydrogen) atoms. The number of nitrogen functional groups attached to an aromatic ring is 1. The lowest BCUT2D eigenvalue weighted by Crippen LogP contribution is -2.37. The number of fused-ring (bicyclic) bond motifs is 1. The van der Waals surface area contributed by atoms with Crippen molar-refractivity contribution in [3.63, 3.8) is 0 Å². The number of carbonyl (C=O) groups is 1. The molecular formula is C21H20N6O2. The van der Waals surface area contributed by atoms with Gasteiger partial charge in [-0.25, -0.2) is 15.0 Å². The highest BCUT2D eigenvalue weighted by Crippen LogP contribution is 2.29. The Labute approximate surface area is 167 Å². The maximum atomic E-state index is 12.1. The zero-order chi connectivity index (χ0) is 20.6. The second kappa shape index (κ2) is 7.04. The molecule has 0 spiro atoms. The molecule has 0 saturated carbocycles. The first-order valence-corrected chi connectivity index (χ1v) is 9.12. The summed E-state index contributed by atoms with van der Waals surface area (Å²) in [5.41, 5.74) is 8.47. The molecule has 1 saturated heterocycles. The zero-order valence-electron chi connectivity index (χ0n) is 16.1. The van der Waals surface area contributed by atoms with Crippen molar-refractivity contribution in [1.82, 2.24) is 19.9 Å². The predicted molar refractivity (Wildman–Crippen MR) is 111 cm³/mol. The number of anilines is 2. The van der Waals surface area contributed by atoms with Gasteiger partial charge in [-0.3, -0.25) is 4.79 Å². The maximum Gasteiger partial charge on any atom is 0.267 e. The molecule has 8 heteroatoms. The molecule has 1 fully saturated rings. The fraction of sp³-hybridized carbons (Fsp3) is 0.238. The number of aliphatic hydroxyl groups is 1. The molecule has 1 aliphatic rings. The van der Waals surface area contributed by atoms with Crippen LogP contribution in [0.1, 0.15) is 12.0 Å². The number of pyridine rings is 1. The second-order valence-electron chi connectivity index (χ2n) is 6.93. The van der Waals surface area contributed by atoms with Gasteiger partial charge in [0.05, 0.1) is 11.4 Å². The normalized spacial score (nSPS) is 18.6. The lowest BCUT2D eigenvalue weighted by molar-refractivity contribution is -0.137. The fourth-order valence-corrected chi connectivity index (χ4v) is 3.30. The second-order valence-corrected chi connectivity index (χ2v) is 6.93. The van der Waals surface area contributed by atoms with E-state index in [1.54, 1.807) is 14.1 Å². The van der Waals surface area contributed by atoms with Crippen LogP contribution >= 0.6 is 0 Å². The first kappa shape index (κ1) is 18.7. The number of carbonyl (C=O) groups excluding carboxylic acids is 1. The van der Waals surface area contributed by atoms with Crippen LogP contribution in [0.15, 0.2) is 36.7 Å². The van der Waals surface area contributed by atoms with Crippen LogP contribution in [0.4, 0.5) is 11.5 Å². The van der Waals surface area contributed by atoms with Crippen molar-refractivity contribution in [2.75, 3.05) is 31.7 Å². The van der Waals surface area contributed by atoms with Gasteiger partial charge in [0.25, 0.3) is 5.91 Å². The largest absolute Gasteiger partial charge is 0.386 e. The Kier molecular flexibility index (Phi) is 4.53. The molecule has 1 unspecified atom stereocenters. The molecule has 4 rings (SSSR count). The highest BCUT2D eigenvalue weighted by Gasteiger charge is 2.42. The first-order chi connectivity index (χ1) is 13.9. The third kappa shape index (κ3) is 3.32. The Hall–Kier alpha value is -3.70. The number of amides is 1. The minimum atomic E-state index is -1.63. The fourth-order valence-electron chi connectivity index (χ4n) is 3.30. The lowest BCUT2D eigenvalue weighted by Gasteiger charge is -2.13. The first-order valence-electron chi connectivity index (χ1n) is 9.12. The van der Waals surface area contributed by atoms with Gasteiger partial charge in [0, 0.05) is 38.2 Å². The average Bonchev–Trinajstić information content (AvgIpc) is 3.00. The number of nitrogens with zero attached hydrogens (tertiary/aromatic N) is 4. The van der Waals surface area contributed by atoms with Crippen LogP contribution in [-0.2, 0) is 4.79 Å². The van der Waals surface area contributed by atoms with Crippen molar-refractivity contribution in [2.24, 2.45) is 0 Å². The van der Waals surface area contributed by atoms with Gasteiger partial charge in [-0.1, -0.05) is 24.0 Å². The van der Waals surface area contributed by atoms with Crippen LogP contribution in [0, 0.1) is 11.8 Å². The van der Waals surface area contributed by atoms with E-state index in [-0.39, 0.29) is 5.91 Å². The summed E-state index contributed by atoms with van der Waals surface area (Å²) in [4.78, 5) is 26.5. The maximum absolute atomic E-state index is 12.1. The Morgan fingerprint density at radius 2 is 2.10 bits per heavy atom. The molecule has 8 nitrogen and oxygen atoms in total. The predicted octanol–water partition coefficient (Wildman–Crippen LogP) is 1.26. The van der Waals surface area contributed by atoms with E-state index in [0.29, 0.717) is 41.1 Å². The van der Waals surface area contributed by atoms with E-state index in [4.69, 9.17) is 5.73 Å². The molecule has 3 aromatic rings. The molecule has 0 bridgehead atoms. The van der Waals surface area contributed by atoms with E-state index in [1.165, 1.54) is 11.2 Å². The third-order valence-corrected chi connectivity index (χ3v) is 4.97. The molecule has 4 N–H and O–H groups in total. The van der Waals surface area contributed by atoms with Gasteiger partial charge in [0.15, 0.2) is 5.82 Å². The van der Waals surface area contributed by atoms with Crippen molar-refractivity contribution >= 4 is 28.4 Å². The van der Waals surface area contributed by atoms with E-state index in [9.17, 15) is 9.90 Å². The lowest BCUT2D eigenvalue weighted by atomic mass is 10.0. The van der Waals surface area contributed by atoms with E-state index < -0.39 is 5.60 Å². The van der Waals surface area contributed by atoms with E-state index in [1.807, 2.05) is 30.3 Å². The number of nitrogens with two attached hydrogens (primary N) is 1. The standard InChI is InChI=1S/C21H20N6O2/c1-23-16-11-15(26-18-17(16)24-12-25-19(18)22)14-5-3-4-13(10-14)6-7-21(29)8-9-27(2)20(21)28/h3-5,10-12,29H,8-9H2,1-2H3,(H,23,26)(H2,22,24,25). The number of nitrogens with one attached hydrogen (secondary N) is 1. The van der Waals surface area contributed by atoms with Crippen LogP contribution in [-0.4, -0.2) is 57.1 Å². The van der Waals surface area contributed by atoms with Gasteiger partial charge in [-0.2, -0.15) is 0 Å². The van der Waals surface area contributed by atoms with E-state index >= 15 is 0 Å². The van der Waals surface area contributed by atoms with Gasteiger partial charge in [-0.05, 0) is 18.2 Å². The Bertz CT molecular complexity index is 1180. The minimum Gasteiger partial charge on any atom is -0.386 e. The Morgan fingerprint density at radius 3 is 2.83 bits per heavy atom. The van der Waals surface area contributed by atoms with Gasteiger partial charge in [0.2, 0.25) is 5.60 Å². The molecule has 146 valence electrons. The highest BCUT2D eigenvalue weighted by atomic mass is 16.3. The average molecular weight is 388 g/mol. The molecule has 3 heterocycles. The molecule has 2 aromatic heterocycles. The summed E-state index contributed by atoms with van der Waals surface area (Å²) < 4.78 is 0. The number of hydrogen-bond donors (Lipinski definition) is 3. The van der Waals surface area contributed by atoms with Crippen molar-refractivity contribution in [2.45, 2.75) is 12.0 Å². The topological polar surface area (TPSA) is 117 Å². The van der Waals surface area contributed by atoms with Crippen molar-refractivity contribution in [3.8, 4) is 23.1 Å². The highest BCUT2D eigenvalue weighted by molar-refractivity contribution is 5.95. The minimum absolute atomic E-state index is 0.298. The monoisotopic (exact) mass is 388 g/mol. The number of aromatic nitrogens is 3. The summed E-state index contributed by atoms with van der Waals surface area (Å²) in [7, 11) is 3.46. The molecule has 1 amide bonds. The number of likely N-dealkylation sites (N-methyl/N-ethyl adjacent to an activating group) is 1. The third-order valence-electron chi connectivity index (χ3n) is 4.97. The van der Waals surface area contributed by atoms with Gasteiger partial charge < -0.3 is 21.1 Å². The molecule has 1 aliphatic heterocycles. The summed E-state index contributed by atoms with van der Waals surface area (Å²) in [6.45, 7) is 0.487. The smallest absolute Gasteiger partial charge is 0.267 e. The van der Waals surface area contributed by atoms with Crippen LogP contribution < -0.4 is 11.1 Å². The Balaban J connectivity index is 1.75. The van der Waals surface area contributed by atoms with Crippen LogP contribution in [0.25, 0.3) is 22.3 Å². The van der Waals surface area contributed by atoms with Crippen LogP contribution in [0.3, 0.4) is 0 Å². The SMILES string of the molecule is CNc1cc(-c2cccc(C#CC3(O)CCN(C)C3=O)c2)nc2c(N)ncnc12. The van der Waals surface area contributed by atoms with Gasteiger partial charge >= 0.3 is 0 Å². The van der Waals surface area contributed by atoms with Crippen LogP contribution in [0.2, 0.25) is 0 Å². The number of benzene rings is 1. The summed E-state index contributed by atoms with van der Waals surface area (Å²) in [6.07, 6.45) is 1.70. The number of likely N-dealkylation sites (tertiary alicyclic amines) is 1. The Morgan fingerprint density at radius 1 is 1.28 bits per heavy atom. The van der Waals surface area contributed by atoms with E-state index in [2.05, 4.69) is 32.1 Å². The van der Waals surface area contributed by atoms with Crippen LogP contribution in [0.5, 0.6) is 0 Å². The molecule has 1 atom stereocenters. The molecule has 0 aliphatic carbocycles. The van der Waals surface area contributed by atoms with Crippen molar-refractivity contribution < 1.29 is 9.90 Å². The number of hydrogen-bond acceptors (Lipinski definition) is 7. The van der Waals surface area contributed by atoms with Crippen molar-refractivity contribution in [1.29, 1.82) is 0 Å². The van der Waals surface area contributed by atoms with Gasteiger partial charge in [0.1, 0.15) is 17.4 Å². The zero-order valence-corrected chi connectivity index (χ0v) is 16.1. The van der Waals surface area contributed by atoms with Crippen molar-refractivity contribution in [3.05, 3.63) is 42.2 Å².